The molecule has 2 aromatic carbocycles. The molecule has 0 atom stereocenters. The van der Waals surface area contributed by atoms with Crippen molar-refractivity contribution in [2.45, 2.75) is 0 Å². The SMILES string of the molecule is O=C(Nc1ccc(Cl)c(Br)c1)c1ccc(O)c(O)c1. The predicted octanol–water partition coefficient (Wildman–Crippen LogP) is 3.77. The van der Waals surface area contributed by atoms with Crippen LogP contribution in [0.3, 0.4) is 0 Å². The van der Waals surface area contributed by atoms with Gasteiger partial charge in [0.2, 0.25) is 0 Å². The van der Waals surface area contributed by atoms with Crippen molar-refractivity contribution in [3.05, 3.63) is 51.5 Å². The number of aromatic hydroxyl groups is 2. The zero-order valence-electron chi connectivity index (χ0n) is 9.52. The van der Waals surface area contributed by atoms with E-state index in [4.69, 9.17) is 11.6 Å². The number of hydrogen-bond acceptors (Lipinski definition) is 3. The summed E-state index contributed by atoms with van der Waals surface area (Å²) < 4.78 is 0.667. The Bertz CT molecular complexity index is 646. The lowest BCUT2D eigenvalue weighted by Crippen LogP contribution is -2.11. The van der Waals surface area contributed by atoms with Gasteiger partial charge in [-0.25, -0.2) is 0 Å². The zero-order chi connectivity index (χ0) is 14.0. The van der Waals surface area contributed by atoms with E-state index in [-0.39, 0.29) is 17.1 Å². The molecule has 1 amide bonds. The van der Waals surface area contributed by atoms with Crippen LogP contribution in [0.5, 0.6) is 11.5 Å². The summed E-state index contributed by atoms with van der Waals surface area (Å²) in [7, 11) is 0. The number of phenols is 2. The van der Waals surface area contributed by atoms with Gasteiger partial charge in [-0.15, -0.1) is 0 Å². The molecule has 0 bridgehead atoms. The van der Waals surface area contributed by atoms with Gasteiger partial charge in [-0.1, -0.05) is 11.6 Å². The molecule has 0 aliphatic rings. The monoisotopic (exact) mass is 341 g/mol. The summed E-state index contributed by atoms with van der Waals surface area (Å²) in [5, 5.41) is 21.7. The summed E-state index contributed by atoms with van der Waals surface area (Å²) in [6.07, 6.45) is 0. The molecule has 3 N–H and O–H groups in total. The minimum absolute atomic E-state index is 0.237. The number of rotatable bonds is 2. The Labute approximate surface area is 122 Å². The maximum atomic E-state index is 11.9. The van der Waals surface area contributed by atoms with Gasteiger partial charge in [-0.2, -0.15) is 0 Å². The van der Waals surface area contributed by atoms with Gasteiger partial charge in [0, 0.05) is 15.7 Å². The molecule has 19 heavy (non-hydrogen) atoms. The molecule has 0 spiro atoms. The van der Waals surface area contributed by atoms with Crippen molar-refractivity contribution in [1.82, 2.24) is 0 Å². The first-order valence-electron chi connectivity index (χ1n) is 5.26. The molecule has 0 aromatic heterocycles. The van der Waals surface area contributed by atoms with E-state index >= 15 is 0 Å². The van der Waals surface area contributed by atoms with Crippen LogP contribution >= 0.6 is 27.5 Å². The van der Waals surface area contributed by atoms with Crippen molar-refractivity contribution in [1.29, 1.82) is 0 Å². The average Bonchev–Trinajstić information content (AvgIpc) is 2.37. The van der Waals surface area contributed by atoms with E-state index in [0.717, 1.165) is 0 Å². The van der Waals surface area contributed by atoms with Gasteiger partial charge < -0.3 is 15.5 Å². The number of benzene rings is 2. The van der Waals surface area contributed by atoms with Gasteiger partial charge in [-0.3, -0.25) is 4.79 Å². The molecule has 0 fully saturated rings. The van der Waals surface area contributed by atoms with E-state index in [1.54, 1.807) is 18.2 Å². The normalized spacial score (nSPS) is 10.2. The highest BCUT2D eigenvalue weighted by Gasteiger charge is 2.09. The summed E-state index contributed by atoms with van der Waals surface area (Å²) in [6.45, 7) is 0. The quantitative estimate of drug-likeness (QED) is 0.728. The fourth-order valence-corrected chi connectivity index (χ4v) is 1.94. The van der Waals surface area contributed by atoms with Crippen LogP contribution in [0.1, 0.15) is 10.4 Å². The topological polar surface area (TPSA) is 69.6 Å². The molecule has 0 saturated carbocycles. The van der Waals surface area contributed by atoms with E-state index in [1.807, 2.05) is 0 Å². The standard InChI is InChI=1S/C13H9BrClNO3/c14-9-6-8(2-3-10(9)15)16-13(19)7-1-4-11(17)12(18)5-7/h1-6,17-18H,(H,16,19). The first-order chi connectivity index (χ1) is 8.97. The summed E-state index contributed by atoms with van der Waals surface area (Å²) in [6, 6.07) is 8.83. The first kappa shape index (κ1) is 13.7. The number of phenolic OH excluding ortho intramolecular Hbond substituents is 2. The Morgan fingerprint density at radius 1 is 1.11 bits per heavy atom. The largest absolute Gasteiger partial charge is 0.504 e. The fraction of sp³-hybridized carbons (Fsp3) is 0. The van der Waals surface area contributed by atoms with E-state index < -0.39 is 5.91 Å². The van der Waals surface area contributed by atoms with Crippen LogP contribution in [0.25, 0.3) is 0 Å². The molecule has 0 unspecified atom stereocenters. The van der Waals surface area contributed by atoms with Crippen molar-refractivity contribution in [2.75, 3.05) is 5.32 Å². The second-order valence-corrected chi connectivity index (χ2v) is 5.05. The number of nitrogens with one attached hydrogen (secondary N) is 1. The highest BCUT2D eigenvalue weighted by Crippen LogP contribution is 2.27. The maximum Gasteiger partial charge on any atom is 0.255 e. The van der Waals surface area contributed by atoms with Crippen LogP contribution in [0, 0.1) is 0 Å². The lowest BCUT2D eigenvalue weighted by Gasteiger charge is -2.07. The molecule has 4 nitrogen and oxygen atoms in total. The Morgan fingerprint density at radius 2 is 1.84 bits per heavy atom. The highest BCUT2D eigenvalue weighted by molar-refractivity contribution is 9.10. The van der Waals surface area contributed by atoms with Crippen LogP contribution in [-0.2, 0) is 0 Å². The number of hydrogen-bond donors (Lipinski definition) is 3. The third kappa shape index (κ3) is 3.19. The second kappa shape index (κ2) is 5.50. The summed E-state index contributed by atoms with van der Waals surface area (Å²) in [5.74, 6) is -1.01. The van der Waals surface area contributed by atoms with Crippen molar-refractivity contribution in [3.8, 4) is 11.5 Å². The summed E-state index contributed by atoms with van der Waals surface area (Å²) >= 11 is 9.11. The molecule has 6 heteroatoms. The van der Waals surface area contributed by atoms with Crippen LogP contribution < -0.4 is 5.32 Å². The third-order valence-corrected chi connectivity index (χ3v) is 3.63. The molecule has 0 radical (unpaired) electrons. The molecular weight excluding hydrogens is 334 g/mol. The molecule has 0 aliphatic carbocycles. The molecular formula is C13H9BrClNO3. The lowest BCUT2D eigenvalue weighted by molar-refractivity contribution is 0.102. The minimum Gasteiger partial charge on any atom is -0.504 e. The van der Waals surface area contributed by atoms with Gasteiger partial charge in [0.1, 0.15) is 0 Å². The number of amides is 1. The fourth-order valence-electron chi connectivity index (χ4n) is 1.44. The van der Waals surface area contributed by atoms with Crippen LogP contribution in [0.4, 0.5) is 5.69 Å². The second-order valence-electron chi connectivity index (χ2n) is 3.79. The van der Waals surface area contributed by atoms with Crippen LogP contribution in [-0.4, -0.2) is 16.1 Å². The lowest BCUT2D eigenvalue weighted by atomic mass is 10.2. The van der Waals surface area contributed by atoms with E-state index in [1.165, 1.54) is 18.2 Å². The molecule has 2 rings (SSSR count). The van der Waals surface area contributed by atoms with Crippen molar-refractivity contribution in [3.63, 3.8) is 0 Å². The van der Waals surface area contributed by atoms with Gasteiger partial charge in [-0.05, 0) is 52.3 Å². The predicted molar refractivity (Wildman–Crippen MR) is 76.9 cm³/mol. The number of carbonyl (C=O) groups is 1. The minimum atomic E-state index is -0.399. The average molecular weight is 343 g/mol. The molecule has 0 saturated heterocycles. The van der Waals surface area contributed by atoms with E-state index in [2.05, 4.69) is 21.2 Å². The first-order valence-corrected chi connectivity index (χ1v) is 6.43. The third-order valence-electron chi connectivity index (χ3n) is 2.42. The van der Waals surface area contributed by atoms with Crippen LogP contribution in [0.15, 0.2) is 40.9 Å². The molecule has 0 aliphatic heterocycles. The summed E-state index contributed by atoms with van der Waals surface area (Å²) in [4.78, 5) is 11.9. The zero-order valence-corrected chi connectivity index (χ0v) is 11.9. The molecule has 2 aromatic rings. The van der Waals surface area contributed by atoms with Crippen molar-refractivity contribution < 1.29 is 15.0 Å². The Balaban J connectivity index is 2.20. The highest BCUT2D eigenvalue weighted by atomic mass is 79.9. The number of anilines is 1. The molecule has 98 valence electrons. The summed E-state index contributed by atoms with van der Waals surface area (Å²) in [5.41, 5.74) is 0.801. The van der Waals surface area contributed by atoms with Crippen molar-refractivity contribution in [2.24, 2.45) is 0 Å². The number of carbonyl (C=O) groups excluding carboxylic acids is 1. The Kier molecular flexibility index (Phi) is 3.97. The van der Waals surface area contributed by atoms with Crippen LogP contribution in [0.2, 0.25) is 5.02 Å². The van der Waals surface area contributed by atoms with Gasteiger partial charge >= 0.3 is 0 Å². The van der Waals surface area contributed by atoms with E-state index in [0.29, 0.717) is 15.2 Å². The van der Waals surface area contributed by atoms with Gasteiger partial charge in [0.05, 0.1) is 5.02 Å². The van der Waals surface area contributed by atoms with Crippen molar-refractivity contribution >= 4 is 39.1 Å². The van der Waals surface area contributed by atoms with E-state index in [9.17, 15) is 15.0 Å². The van der Waals surface area contributed by atoms with Gasteiger partial charge in [0.25, 0.3) is 5.91 Å². The smallest absolute Gasteiger partial charge is 0.255 e. The van der Waals surface area contributed by atoms with Gasteiger partial charge in [0.15, 0.2) is 11.5 Å². The molecule has 0 heterocycles. The Morgan fingerprint density at radius 3 is 2.47 bits per heavy atom. The number of halogens is 2. The maximum absolute atomic E-state index is 11.9. The Hall–Kier alpha value is -1.72.